The van der Waals surface area contributed by atoms with Crippen LogP contribution in [-0.2, 0) is 0 Å². The number of hydrogen-bond donors (Lipinski definition) is 1. The molecule has 1 saturated carbocycles. The van der Waals surface area contributed by atoms with Gasteiger partial charge in [0.15, 0.2) is 0 Å². The molecule has 0 spiro atoms. The number of rotatable bonds is 4. The Labute approximate surface area is 108 Å². The summed E-state index contributed by atoms with van der Waals surface area (Å²) >= 11 is 1.99. The third-order valence-electron chi connectivity index (χ3n) is 3.68. The average Bonchev–Trinajstić information content (AvgIpc) is 2.71. The Hall–Kier alpha value is -0.670. The van der Waals surface area contributed by atoms with Crippen LogP contribution in [-0.4, -0.2) is 25.4 Å². The normalized spacial score (nSPS) is 28.3. The fraction of sp³-hybridized carbons (Fsp3) is 0.571. The minimum Gasteiger partial charge on any atom is -0.497 e. The van der Waals surface area contributed by atoms with Crippen molar-refractivity contribution in [3.63, 3.8) is 0 Å². The third-order valence-corrected chi connectivity index (χ3v) is 5.18. The van der Waals surface area contributed by atoms with Gasteiger partial charge in [-0.25, -0.2) is 0 Å². The van der Waals surface area contributed by atoms with Gasteiger partial charge in [0.1, 0.15) is 5.75 Å². The summed E-state index contributed by atoms with van der Waals surface area (Å²) in [6.45, 7) is 2.35. The molecule has 3 atom stereocenters. The van der Waals surface area contributed by atoms with Gasteiger partial charge in [-0.05, 0) is 44.0 Å². The van der Waals surface area contributed by atoms with E-state index in [9.17, 15) is 0 Å². The second-order valence-corrected chi connectivity index (χ2v) is 5.98. The van der Waals surface area contributed by atoms with Gasteiger partial charge in [-0.15, -0.1) is 11.8 Å². The van der Waals surface area contributed by atoms with Crippen LogP contribution < -0.4 is 10.1 Å². The van der Waals surface area contributed by atoms with Crippen LogP contribution in [0.15, 0.2) is 29.2 Å². The molecule has 0 aromatic heterocycles. The SMILES string of the molecule is CNC1CCC(Sc2cccc(OC)c2)C1C. The maximum Gasteiger partial charge on any atom is 0.119 e. The van der Waals surface area contributed by atoms with Gasteiger partial charge in [0.05, 0.1) is 7.11 Å². The molecule has 3 heteroatoms. The highest BCUT2D eigenvalue weighted by molar-refractivity contribution is 8.00. The Bertz CT molecular complexity index is 369. The molecule has 0 amide bonds. The summed E-state index contributed by atoms with van der Waals surface area (Å²) in [5.74, 6) is 1.68. The lowest BCUT2D eigenvalue weighted by atomic mass is 10.1. The van der Waals surface area contributed by atoms with Crippen molar-refractivity contribution in [2.24, 2.45) is 5.92 Å². The first-order chi connectivity index (χ1) is 8.24. The Balaban J connectivity index is 2.01. The van der Waals surface area contributed by atoms with Crippen molar-refractivity contribution >= 4 is 11.8 Å². The highest BCUT2D eigenvalue weighted by atomic mass is 32.2. The van der Waals surface area contributed by atoms with Gasteiger partial charge >= 0.3 is 0 Å². The quantitative estimate of drug-likeness (QED) is 0.888. The molecule has 2 rings (SSSR count). The molecule has 94 valence electrons. The second kappa shape index (κ2) is 5.78. The zero-order valence-corrected chi connectivity index (χ0v) is 11.6. The monoisotopic (exact) mass is 251 g/mol. The first-order valence-electron chi connectivity index (χ1n) is 6.22. The topological polar surface area (TPSA) is 21.3 Å². The maximum absolute atomic E-state index is 5.26. The number of thioether (sulfide) groups is 1. The molecule has 0 radical (unpaired) electrons. The highest BCUT2D eigenvalue weighted by Crippen LogP contribution is 2.39. The van der Waals surface area contributed by atoms with Gasteiger partial charge in [0, 0.05) is 16.2 Å². The molecule has 1 aliphatic rings. The number of nitrogens with one attached hydrogen (secondary N) is 1. The molecule has 2 nitrogen and oxygen atoms in total. The number of benzene rings is 1. The summed E-state index contributed by atoms with van der Waals surface area (Å²) < 4.78 is 5.26. The van der Waals surface area contributed by atoms with Crippen molar-refractivity contribution in [3.05, 3.63) is 24.3 Å². The standard InChI is InChI=1S/C14H21NOS/c1-10-13(15-2)7-8-14(10)17-12-6-4-5-11(9-12)16-3/h4-6,9-10,13-15H,7-8H2,1-3H3. The summed E-state index contributed by atoms with van der Waals surface area (Å²) in [7, 11) is 3.79. The molecule has 1 aromatic rings. The molecular weight excluding hydrogens is 230 g/mol. The van der Waals surface area contributed by atoms with E-state index in [0.717, 1.165) is 16.9 Å². The van der Waals surface area contributed by atoms with Crippen molar-refractivity contribution in [2.75, 3.05) is 14.2 Å². The Morgan fingerprint density at radius 1 is 1.35 bits per heavy atom. The third kappa shape index (κ3) is 2.96. The molecule has 0 bridgehead atoms. The zero-order valence-electron chi connectivity index (χ0n) is 10.8. The van der Waals surface area contributed by atoms with Crippen molar-refractivity contribution < 1.29 is 4.74 Å². The summed E-state index contributed by atoms with van der Waals surface area (Å²) in [5.41, 5.74) is 0. The Kier molecular flexibility index (Phi) is 4.35. The summed E-state index contributed by atoms with van der Waals surface area (Å²) in [6, 6.07) is 9.05. The van der Waals surface area contributed by atoms with Gasteiger partial charge in [-0.1, -0.05) is 13.0 Å². The molecule has 0 saturated heterocycles. The average molecular weight is 251 g/mol. The summed E-state index contributed by atoms with van der Waals surface area (Å²) in [6.07, 6.45) is 2.59. The van der Waals surface area contributed by atoms with Gasteiger partial charge in [0.2, 0.25) is 0 Å². The van der Waals surface area contributed by atoms with Crippen LogP contribution >= 0.6 is 11.8 Å². The number of hydrogen-bond acceptors (Lipinski definition) is 3. The number of methoxy groups -OCH3 is 1. The summed E-state index contributed by atoms with van der Waals surface area (Å²) in [4.78, 5) is 1.32. The van der Waals surface area contributed by atoms with Crippen LogP contribution in [0.25, 0.3) is 0 Å². The smallest absolute Gasteiger partial charge is 0.119 e. The minimum absolute atomic E-state index is 0.679. The molecule has 1 N–H and O–H groups in total. The van der Waals surface area contributed by atoms with Gasteiger partial charge in [-0.3, -0.25) is 0 Å². The fourth-order valence-electron chi connectivity index (χ4n) is 2.55. The molecule has 3 unspecified atom stereocenters. The Morgan fingerprint density at radius 2 is 2.18 bits per heavy atom. The predicted octanol–water partition coefficient (Wildman–Crippen LogP) is 3.17. The van der Waals surface area contributed by atoms with Crippen molar-refractivity contribution in [1.82, 2.24) is 5.32 Å². The molecule has 0 heterocycles. The van der Waals surface area contributed by atoms with E-state index >= 15 is 0 Å². The molecule has 1 aromatic carbocycles. The highest BCUT2D eigenvalue weighted by Gasteiger charge is 2.32. The second-order valence-electron chi connectivity index (χ2n) is 4.67. The molecule has 17 heavy (non-hydrogen) atoms. The van der Waals surface area contributed by atoms with Crippen LogP contribution in [0.1, 0.15) is 19.8 Å². The van der Waals surface area contributed by atoms with Crippen LogP contribution in [0.2, 0.25) is 0 Å². The van der Waals surface area contributed by atoms with Crippen LogP contribution in [0.4, 0.5) is 0 Å². The van der Waals surface area contributed by atoms with E-state index in [1.54, 1.807) is 7.11 Å². The van der Waals surface area contributed by atoms with E-state index in [-0.39, 0.29) is 0 Å². The van der Waals surface area contributed by atoms with E-state index in [1.165, 1.54) is 17.7 Å². The van der Waals surface area contributed by atoms with Gasteiger partial charge in [-0.2, -0.15) is 0 Å². The van der Waals surface area contributed by atoms with E-state index < -0.39 is 0 Å². The summed E-state index contributed by atoms with van der Waals surface area (Å²) in [5, 5.41) is 4.14. The van der Waals surface area contributed by atoms with Crippen molar-refractivity contribution in [2.45, 2.75) is 36.0 Å². The molecule has 0 aliphatic heterocycles. The zero-order chi connectivity index (χ0) is 12.3. The van der Waals surface area contributed by atoms with E-state index in [0.29, 0.717) is 6.04 Å². The van der Waals surface area contributed by atoms with E-state index in [4.69, 9.17) is 4.74 Å². The first kappa shape index (κ1) is 12.8. The lowest BCUT2D eigenvalue weighted by Gasteiger charge is -2.20. The largest absolute Gasteiger partial charge is 0.497 e. The van der Waals surface area contributed by atoms with E-state index in [1.807, 2.05) is 17.8 Å². The number of ether oxygens (including phenoxy) is 1. The molecule has 1 fully saturated rings. The van der Waals surface area contributed by atoms with Crippen molar-refractivity contribution in [1.29, 1.82) is 0 Å². The minimum atomic E-state index is 0.679. The van der Waals surface area contributed by atoms with Crippen LogP contribution in [0.5, 0.6) is 5.75 Å². The van der Waals surface area contributed by atoms with E-state index in [2.05, 4.69) is 37.5 Å². The molecular formula is C14H21NOS. The van der Waals surface area contributed by atoms with Crippen LogP contribution in [0.3, 0.4) is 0 Å². The van der Waals surface area contributed by atoms with Crippen molar-refractivity contribution in [3.8, 4) is 5.75 Å². The van der Waals surface area contributed by atoms with Gasteiger partial charge in [0.25, 0.3) is 0 Å². The fourth-order valence-corrected chi connectivity index (χ4v) is 3.90. The first-order valence-corrected chi connectivity index (χ1v) is 7.10. The van der Waals surface area contributed by atoms with Crippen LogP contribution in [0, 0.1) is 5.92 Å². The Morgan fingerprint density at radius 3 is 2.82 bits per heavy atom. The van der Waals surface area contributed by atoms with Gasteiger partial charge < -0.3 is 10.1 Å². The lowest BCUT2D eigenvalue weighted by Crippen LogP contribution is -2.29. The predicted molar refractivity (Wildman–Crippen MR) is 73.9 cm³/mol. The maximum atomic E-state index is 5.26. The molecule has 1 aliphatic carbocycles. The lowest BCUT2D eigenvalue weighted by molar-refractivity contribution is 0.413.